The van der Waals surface area contributed by atoms with E-state index < -0.39 is 10.0 Å². The first-order chi connectivity index (χ1) is 7.53. The van der Waals surface area contributed by atoms with Crippen LogP contribution in [0, 0.1) is 6.92 Å². The van der Waals surface area contributed by atoms with Gasteiger partial charge in [0, 0.05) is 31.5 Å². The lowest BCUT2D eigenvalue weighted by atomic mass is 10.3. The van der Waals surface area contributed by atoms with Gasteiger partial charge >= 0.3 is 0 Å². The summed E-state index contributed by atoms with van der Waals surface area (Å²) in [4.78, 5) is 0. The zero-order chi connectivity index (χ0) is 12.2. The molecule has 8 heteroatoms. The van der Waals surface area contributed by atoms with E-state index >= 15 is 0 Å². The number of nitrogens with one attached hydrogen (secondary N) is 2. The number of rotatable bonds is 6. The van der Waals surface area contributed by atoms with E-state index in [4.69, 9.17) is 10.5 Å². The third-order valence-electron chi connectivity index (χ3n) is 2.09. The molecule has 0 saturated carbocycles. The van der Waals surface area contributed by atoms with Gasteiger partial charge in [-0.2, -0.15) is 5.10 Å². The highest BCUT2D eigenvalue weighted by molar-refractivity contribution is 7.89. The van der Waals surface area contributed by atoms with Crippen molar-refractivity contribution in [1.82, 2.24) is 14.9 Å². The van der Waals surface area contributed by atoms with Crippen molar-refractivity contribution in [2.24, 2.45) is 5.73 Å². The largest absolute Gasteiger partial charge is 0.383 e. The number of aromatic amines is 1. The molecule has 0 spiro atoms. The molecule has 0 unspecified atom stereocenters. The summed E-state index contributed by atoms with van der Waals surface area (Å²) in [5.41, 5.74) is 6.64. The minimum absolute atomic E-state index is 0.0383. The van der Waals surface area contributed by atoms with Gasteiger partial charge < -0.3 is 10.5 Å². The van der Waals surface area contributed by atoms with Gasteiger partial charge in [-0.3, -0.25) is 5.10 Å². The Morgan fingerprint density at radius 1 is 1.56 bits per heavy atom. The summed E-state index contributed by atoms with van der Waals surface area (Å²) in [6.07, 6.45) is 0. The number of ether oxygens (including phenoxy) is 1. The number of nitrogens with two attached hydrogens (primary N) is 1. The van der Waals surface area contributed by atoms with Crippen molar-refractivity contribution >= 4 is 10.0 Å². The van der Waals surface area contributed by atoms with Crippen molar-refractivity contribution in [3.8, 4) is 0 Å². The molecule has 0 bridgehead atoms. The Labute approximate surface area is 94.4 Å². The van der Waals surface area contributed by atoms with Gasteiger partial charge in [0.05, 0.1) is 6.61 Å². The average molecular weight is 248 g/mol. The van der Waals surface area contributed by atoms with Crippen molar-refractivity contribution in [3.05, 3.63) is 11.3 Å². The fraction of sp³-hybridized carbons (Fsp3) is 0.625. The number of sulfonamides is 1. The second-order valence-corrected chi connectivity index (χ2v) is 4.91. The van der Waals surface area contributed by atoms with Crippen molar-refractivity contribution in [3.63, 3.8) is 0 Å². The predicted octanol–water partition coefficient (Wildman–Crippen LogP) is -0.898. The minimum Gasteiger partial charge on any atom is -0.383 e. The lowest BCUT2D eigenvalue weighted by Crippen LogP contribution is -2.28. The molecule has 0 amide bonds. The van der Waals surface area contributed by atoms with Gasteiger partial charge in [-0.25, -0.2) is 13.1 Å². The van der Waals surface area contributed by atoms with E-state index in [9.17, 15) is 8.42 Å². The SMILES string of the molecule is COCCNS(=O)(=O)c1n[nH]c(C)c1CN. The van der Waals surface area contributed by atoms with Crippen LogP contribution in [0.1, 0.15) is 11.3 Å². The lowest BCUT2D eigenvalue weighted by Gasteiger charge is -2.05. The molecule has 0 aromatic carbocycles. The van der Waals surface area contributed by atoms with E-state index in [0.717, 1.165) is 0 Å². The highest BCUT2D eigenvalue weighted by atomic mass is 32.2. The van der Waals surface area contributed by atoms with Crippen LogP contribution in [0.2, 0.25) is 0 Å². The van der Waals surface area contributed by atoms with Gasteiger partial charge in [-0.1, -0.05) is 0 Å². The first kappa shape index (κ1) is 13.1. The van der Waals surface area contributed by atoms with Crippen molar-refractivity contribution in [2.75, 3.05) is 20.3 Å². The van der Waals surface area contributed by atoms with Gasteiger partial charge in [-0.05, 0) is 6.92 Å². The predicted molar refractivity (Wildman–Crippen MR) is 58.3 cm³/mol. The summed E-state index contributed by atoms with van der Waals surface area (Å²) < 4.78 is 30.7. The molecule has 0 fully saturated rings. The molecule has 1 aromatic rings. The Hall–Kier alpha value is -0.960. The quantitative estimate of drug-likeness (QED) is 0.565. The number of nitrogens with zero attached hydrogens (tertiary/aromatic N) is 1. The Balaban J connectivity index is 2.89. The van der Waals surface area contributed by atoms with Crippen LogP contribution in [0.15, 0.2) is 5.03 Å². The Morgan fingerprint density at radius 3 is 2.81 bits per heavy atom. The fourth-order valence-electron chi connectivity index (χ4n) is 1.24. The van der Waals surface area contributed by atoms with Crippen LogP contribution in [-0.2, 0) is 21.3 Å². The van der Waals surface area contributed by atoms with Crippen LogP contribution in [0.3, 0.4) is 0 Å². The van der Waals surface area contributed by atoms with Crippen LogP contribution in [0.25, 0.3) is 0 Å². The number of aryl methyl sites for hydroxylation is 1. The Bertz CT molecular complexity index is 440. The van der Waals surface area contributed by atoms with E-state index in [0.29, 0.717) is 17.9 Å². The van der Waals surface area contributed by atoms with Crippen LogP contribution in [0.5, 0.6) is 0 Å². The summed E-state index contributed by atoms with van der Waals surface area (Å²) >= 11 is 0. The molecule has 0 aliphatic rings. The zero-order valence-corrected chi connectivity index (χ0v) is 10.1. The highest BCUT2D eigenvalue weighted by Crippen LogP contribution is 2.14. The van der Waals surface area contributed by atoms with Gasteiger partial charge in [0.1, 0.15) is 0 Å². The Morgan fingerprint density at radius 2 is 2.25 bits per heavy atom. The number of H-pyrrole nitrogens is 1. The van der Waals surface area contributed by atoms with Crippen LogP contribution in [0.4, 0.5) is 0 Å². The fourth-order valence-corrected chi connectivity index (χ4v) is 2.45. The maximum atomic E-state index is 11.8. The maximum Gasteiger partial charge on any atom is 0.260 e. The Kier molecular flexibility index (Phi) is 4.42. The number of aromatic nitrogens is 2. The summed E-state index contributed by atoms with van der Waals surface area (Å²) in [5, 5.41) is 6.31. The van der Waals surface area contributed by atoms with Gasteiger partial charge in [0.2, 0.25) is 0 Å². The normalized spacial score (nSPS) is 11.9. The molecule has 7 nitrogen and oxygen atoms in total. The van der Waals surface area contributed by atoms with Gasteiger partial charge in [-0.15, -0.1) is 0 Å². The molecule has 1 heterocycles. The molecule has 16 heavy (non-hydrogen) atoms. The summed E-state index contributed by atoms with van der Waals surface area (Å²) in [6, 6.07) is 0. The third-order valence-corrected chi connectivity index (χ3v) is 3.52. The average Bonchev–Trinajstić information content (AvgIpc) is 2.60. The molecule has 0 atom stereocenters. The number of methoxy groups -OCH3 is 1. The molecule has 1 rings (SSSR count). The van der Waals surface area contributed by atoms with Crippen LogP contribution >= 0.6 is 0 Å². The minimum atomic E-state index is -3.61. The third kappa shape index (κ3) is 2.79. The molecule has 0 saturated heterocycles. The molecule has 4 N–H and O–H groups in total. The maximum absolute atomic E-state index is 11.8. The molecule has 0 radical (unpaired) electrons. The smallest absolute Gasteiger partial charge is 0.260 e. The van der Waals surface area contributed by atoms with Crippen molar-refractivity contribution < 1.29 is 13.2 Å². The lowest BCUT2D eigenvalue weighted by molar-refractivity contribution is 0.204. The molecule has 0 aliphatic carbocycles. The van der Waals surface area contributed by atoms with Crippen molar-refractivity contribution in [2.45, 2.75) is 18.5 Å². The van der Waals surface area contributed by atoms with E-state index in [-0.39, 0.29) is 18.1 Å². The van der Waals surface area contributed by atoms with Crippen LogP contribution in [-0.4, -0.2) is 38.9 Å². The van der Waals surface area contributed by atoms with Crippen LogP contribution < -0.4 is 10.5 Å². The van der Waals surface area contributed by atoms with E-state index in [1.165, 1.54) is 7.11 Å². The van der Waals surface area contributed by atoms with Gasteiger partial charge in [0.25, 0.3) is 10.0 Å². The van der Waals surface area contributed by atoms with Gasteiger partial charge in [0.15, 0.2) is 5.03 Å². The number of hydrogen-bond donors (Lipinski definition) is 3. The standard InChI is InChI=1S/C8H16N4O3S/c1-6-7(5-9)8(12-11-6)16(13,14)10-3-4-15-2/h10H,3-5,9H2,1-2H3,(H,11,12). The molecular weight excluding hydrogens is 232 g/mol. The second-order valence-electron chi connectivity index (χ2n) is 3.23. The summed E-state index contributed by atoms with van der Waals surface area (Å²) in [5.74, 6) is 0. The molecule has 0 aliphatic heterocycles. The topological polar surface area (TPSA) is 110 Å². The van der Waals surface area contributed by atoms with E-state index in [2.05, 4.69) is 14.9 Å². The summed E-state index contributed by atoms with van der Waals surface area (Å²) in [6.45, 7) is 2.36. The monoisotopic (exact) mass is 248 g/mol. The van der Waals surface area contributed by atoms with E-state index in [1.807, 2.05) is 0 Å². The molecular formula is C8H16N4O3S. The van der Waals surface area contributed by atoms with E-state index in [1.54, 1.807) is 6.92 Å². The summed E-state index contributed by atoms with van der Waals surface area (Å²) in [7, 11) is -2.11. The second kappa shape index (κ2) is 5.39. The molecule has 1 aromatic heterocycles. The first-order valence-corrected chi connectivity index (χ1v) is 6.23. The first-order valence-electron chi connectivity index (χ1n) is 4.75. The zero-order valence-electron chi connectivity index (χ0n) is 9.28. The number of hydrogen-bond acceptors (Lipinski definition) is 5. The highest BCUT2D eigenvalue weighted by Gasteiger charge is 2.22. The van der Waals surface area contributed by atoms with Crippen molar-refractivity contribution in [1.29, 1.82) is 0 Å². The molecule has 92 valence electrons.